The number of alkyl halides is 2. The van der Waals surface area contributed by atoms with Crippen molar-refractivity contribution in [2.24, 2.45) is 0 Å². The molecule has 120 valence electrons. The van der Waals surface area contributed by atoms with Gasteiger partial charge in [-0.25, -0.2) is 18.4 Å². The molecule has 0 radical (unpaired) electrons. The van der Waals surface area contributed by atoms with Gasteiger partial charge in [-0.1, -0.05) is 13.3 Å². The van der Waals surface area contributed by atoms with Crippen LogP contribution in [0, 0.1) is 0 Å². The van der Waals surface area contributed by atoms with Gasteiger partial charge in [-0.3, -0.25) is 4.79 Å². The zero-order valence-corrected chi connectivity index (χ0v) is 12.6. The van der Waals surface area contributed by atoms with Gasteiger partial charge in [0, 0.05) is 19.3 Å². The normalized spacial score (nSPS) is 18.9. The van der Waals surface area contributed by atoms with Crippen molar-refractivity contribution >= 4 is 11.0 Å². The maximum Gasteiger partial charge on any atom is 0.262 e. The number of fused-ring (bicyclic) bond motifs is 1. The molecule has 5 nitrogen and oxygen atoms in total. The van der Waals surface area contributed by atoms with Gasteiger partial charge in [-0.15, -0.1) is 0 Å². The topological polar surface area (TPSA) is 63.6 Å². The first-order valence-electron chi connectivity index (χ1n) is 7.84. The van der Waals surface area contributed by atoms with Crippen LogP contribution in [0.3, 0.4) is 0 Å². The van der Waals surface area contributed by atoms with Gasteiger partial charge in [0.05, 0.1) is 12.2 Å². The van der Waals surface area contributed by atoms with Gasteiger partial charge in [-0.05, 0) is 19.3 Å². The van der Waals surface area contributed by atoms with Gasteiger partial charge in [-0.2, -0.15) is 5.10 Å². The lowest BCUT2D eigenvalue weighted by Gasteiger charge is -2.28. The van der Waals surface area contributed by atoms with Crippen LogP contribution in [0.2, 0.25) is 0 Å². The van der Waals surface area contributed by atoms with Crippen LogP contribution in [0.15, 0.2) is 11.0 Å². The molecule has 0 aliphatic heterocycles. The van der Waals surface area contributed by atoms with E-state index in [4.69, 9.17) is 0 Å². The van der Waals surface area contributed by atoms with E-state index in [0.29, 0.717) is 36.1 Å². The minimum Gasteiger partial charge on any atom is -0.310 e. The van der Waals surface area contributed by atoms with Gasteiger partial charge in [0.2, 0.25) is 5.92 Å². The van der Waals surface area contributed by atoms with Crippen LogP contribution < -0.4 is 5.56 Å². The van der Waals surface area contributed by atoms with E-state index in [2.05, 4.69) is 22.0 Å². The molecular weight excluding hydrogens is 290 g/mol. The Kier molecular flexibility index (Phi) is 3.97. The maximum absolute atomic E-state index is 13.3. The molecule has 0 unspecified atom stereocenters. The van der Waals surface area contributed by atoms with E-state index in [1.54, 1.807) is 4.68 Å². The van der Waals surface area contributed by atoms with Gasteiger partial charge >= 0.3 is 0 Å². The Hall–Kier alpha value is -1.79. The van der Waals surface area contributed by atoms with Crippen LogP contribution in [0.1, 0.15) is 57.3 Å². The Labute approximate surface area is 126 Å². The average Bonchev–Trinajstić information content (AvgIpc) is 2.89. The first-order valence-corrected chi connectivity index (χ1v) is 7.84. The van der Waals surface area contributed by atoms with Crippen molar-refractivity contribution < 1.29 is 8.78 Å². The standard InChI is InChI=1S/C15H20F2N4O/c1-2-3-4-12-19-13-11(14(22)20-12)9-18-21(13)10-5-7-15(16,17)8-6-10/h9-10H,2-8H2,1H3,(H,19,20,22). The number of halogens is 2. The van der Waals surface area contributed by atoms with Crippen molar-refractivity contribution in [3.8, 4) is 0 Å². The summed E-state index contributed by atoms with van der Waals surface area (Å²) in [5.74, 6) is -1.93. The first kappa shape index (κ1) is 15.1. The summed E-state index contributed by atoms with van der Waals surface area (Å²) in [6.07, 6.45) is 4.60. The molecule has 22 heavy (non-hydrogen) atoms. The van der Waals surface area contributed by atoms with E-state index < -0.39 is 5.92 Å². The van der Waals surface area contributed by atoms with Crippen molar-refractivity contribution in [1.82, 2.24) is 19.7 Å². The SMILES string of the molecule is CCCCc1nc2c(cnn2C2CCC(F)(F)CC2)c(=O)[nH]1. The second-order valence-electron chi connectivity index (χ2n) is 6.03. The summed E-state index contributed by atoms with van der Waals surface area (Å²) in [7, 11) is 0. The van der Waals surface area contributed by atoms with E-state index >= 15 is 0 Å². The molecule has 7 heteroatoms. The van der Waals surface area contributed by atoms with Crippen LogP contribution in [-0.2, 0) is 6.42 Å². The van der Waals surface area contributed by atoms with Gasteiger partial charge in [0.1, 0.15) is 11.2 Å². The lowest BCUT2D eigenvalue weighted by atomic mass is 9.92. The lowest BCUT2D eigenvalue weighted by Crippen LogP contribution is -2.27. The second kappa shape index (κ2) is 5.78. The number of unbranched alkanes of at least 4 members (excludes halogenated alkanes) is 1. The Morgan fingerprint density at radius 2 is 2.14 bits per heavy atom. The molecule has 1 aliphatic rings. The fraction of sp³-hybridized carbons (Fsp3) is 0.667. The summed E-state index contributed by atoms with van der Waals surface area (Å²) in [6, 6.07) is -0.106. The quantitative estimate of drug-likeness (QED) is 0.943. The van der Waals surface area contributed by atoms with Crippen LogP contribution in [0.4, 0.5) is 8.78 Å². The number of aryl methyl sites for hydroxylation is 1. The number of hydrogen-bond acceptors (Lipinski definition) is 3. The number of rotatable bonds is 4. The second-order valence-corrected chi connectivity index (χ2v) is 6.03. The van der Waals surface area contributed by atoms with Crippen LogP contribution in [0.25, 0.3) is 11.0 Å². The van der Waals surface area contributed by atoms with E-state index in [0.717, 1.165) is 12.8 Å². The number of aromatic amines is 1. The van der Waals surface area contributed by atoms with Crippen molar-refractivity contribution in [2.45, 2.75) is 63.8 Å². The van der Waals surface area contributed by atoms with Crippen molar-refractivity contribution in [3.63, 3.8) is 0 Å². The molecule has 0 amide bonds. The van der Waals surface area contributed by atoms with Crippen LogP contribution in [0.5, 0.6) is 0 Å². The zero-order valence-electron chi connectivity index (χ0n) is 12.6. The Morgan fingerprint density at radius 1 is 1.41 bits per heavy atom. The minimum absolute atomic E-state index is 0.106. The lowest BCUT2D eigenvalue weighted by molar-refractivity contribution is -0.0446. The Morgan fingerprint density at radius 3 is 2.82 bits per heavy atom. The molecule has 0 bridgehead atoms. The number of aromatic nitrogens is 4. The molecule has 0 saturated heterocycles. The highest BCUT2D eigenvalue weighted by Crippen LogP contribution is 2.38. The Bertz CT molecular complexity index is 712. The monoisotopic (exact) mass is 310 g/mol. The number of nitrogens with zero attached hydrogens (tertiary/aromatic N) is 3. The third kappa shape index (κ3) is 2.89. The highest BCUT2D eigenvalue weighted by molar-refractivity contribution is 5.73. The number of nitrogens with one attached hydrogen (secondary N) is 1. The summed E-state index contributed by atoms with van der Waals surface area (Å²) >= 11 is 0. The molecule has 1 fully saturated rings. The smallest absolute Gasteiger partial charge is 0.262 e. The largest absolute Gasteiger partial charge is 0.310 e. The number of H-pyrrole nitrogens is 1. The molecule has 1 aliphatic carbocycles. The molecular formula is C15H20F2N4O. The predicted octanol–water partition coefficient (Wildman–Crippen LogP) is 3.21. The molecule has 0 atom stereocenters. The summed E-state index contributed by atoms with van der Waals surface area (Å²) in [5, 5.41) is 4.67. The zero-order chi connectivity index (χ0) is 15.7. The summed E-state index contributed by atoms with van der Waals surface area (Å²) < 4.78 is 28.3. The van der Waals surface area contributed by atoms with E-state index in [-0.39, 0.29) is 24.4 Å². The van der Waals surface area contributed by atoms with Gasteiger partial charge < -0.3 is 4.98 Å². The molecule has 1 saturated carbocycles. The van der Waals surface area contributed by atoms with E-state index in [9.17, 15) is 13.6 Å². The third-order valence-electron chi connectivity index (χ3n) is 4.31. The third-order valence-corrected chi connectivity index (χ3v) is 4.31. The fourth-order valence-electron chi connectivity index (χ4n) is 2.98. The first-order chi connectivity index (χ1) is 10.5. The van der Waals surface area contributed by atoms with Gasteiger partial charge in [0.25, 0.3) is 5.56 Å². The molecule has 0 aromatic carbocycles. The minimum atomic E-state index is -2.57. The molecule has 1 N–H and O–H groups in total. The molecule has 2 aromatic rings. The highest BCUT2D eigenvalue weighted by Gasteiger charge is 2.36. The maximum atomic E-state index is 13.3. The van der Waals surface area contributed by atoms with Crippen LogP contribution in [-0.4, -0.2) is 25.7 Å². The van der Waals surface area contributed by atoms with E-state index in [1.807, 2.05) is 0 Å². The van der Waals surface area contributed by atoms with Crippen molar-refractivity contribution in [3.05, 3.63) is 22.4 Å². The fourth-order valence-corrected chi connectivity index (χ4v) is 2.98. The van der Waals surface area contributed by atoms with Crippen molar-refractivity contribution in [1.29, 1.82) is 0 Å². The van der Waals surface area contributed by atoms with E-state index in [1.165, 1.54) is 6.20 Å². The highest BCUT2D eigenvalue weighted by atomic mass is 19.3. The number of hydrogen-bond donors (Lipinski definition) is 1. The molecule has 3 rings (SSSR count). The Balaban J connectivity index is 1.93. The van der Waals surface area contributed by atoms with Crippen molar-refractivity contribution in [2.75, 3.05) is 0 Å². The molecule has 2 heterocycles. The molecule has 0 spiro atoms. The van der Waals surface area contributed by atoms with Gasteiger partial charge in [0.15, 0.2) is 5.65 Å². The molecule has 2 aromatic heterocycles. The predicted molar refractivity (Wildman–Crippen MR) is 79.2 cm³/mol. The summed E-state index contributed by atoms with van der Waals surface area (Å²) in [5.41, 5.74) is 0.313. The summed E-state index contributed by atoms with van der Waals surface area (Å²) in [4.78, 5) is 19.4. The average molecular weight is 310 g/mol. The van der Waals surface area contributed by atoms with Crippen LogP contribution >= 0.6 is 0 Å². The summed E-state index contributed by atoms with van der Waals surface area (Å²) in [6.45, 7) is 2.07.